The van der Waals surface area contributed by atoms with Crippen LogP contribution in [-0.2, 0) is 10.0 Å². The summed E-state index contributed by atoms with van der Waals surface area (Å²) < 4.78 is 67.6. The van der Waals surface area contributed by atoms with Crippen LogP contribution in [-0.4, -0.2) is 43.4 Å². The number of carbonyl (C=O) groups excluding carboxylic acids is 2. The van der Waals surface area contributed by atoms with Crippen molar-refractivity contribution in [2.75, 3.05) is 11.9 Å². The molecule has 0 aromatic heterocycles. The maximum atomic E-state index is 12.7. The zero-order chi connectivity index (χ0) is 23.8. The topological polar surface area (TPSA) is 117 Å². The first-order chi connectivity index (χ1) is 14.8. The van der Waals surface area contributed by atoms with Gasteiger partial charge in [-0.1, -0.05) is 0 Å². The maximum Gasteiger partial charge on any atom is 0.422 e. The average molecular weight is 467 g/mol. The fraction of sp³-hybridized carbons (Fsp3) is 0.250. The lowest BCUT2D eigenvalue weighted by Crippen LogP contribution is -2.36. The molecule has 0 saturated carbocycles. The highest BCUT2D eigenvalue weighted by atomic mass is 32.2. The number of rotatable bonds is 5. The average Bonchev–Trinajstić information content (AvgIpc) is 2.91. The van der Waals surface area contributed by atoms with Gasteiger partial charge in [0.15, 0.2) is 6.61 Å². The van der Waals surface area contributed by atoms with Crippen molar-refractivity contribution in [3.63, 3.8) is 0 Å². The molecule has 32 heavy (non-hydrogen) atoms. The van der Waals surface area contributed by atoms with Crippen LogP contribution in [0.15, 0.2) is 41.3 Å². The molecule has 0 atom stereocenters. The van der Waals surface area contributed by atoms with Crippen LogP contribution in [0.5, 0.6) is 5.75 Å². The van der Waals surface area contributed by atoms with Crippen molar-refractivity contribution in [2.45, 2.75) is 31.0 Å². The minimum absolute atomic E-state index is 0.0480. The summed E-state index contributed by atoms with van der Waals surface area (Å²) in [6, 6.07) is 8.12. The van der Waals surface area contributed by atoms with E-state index in [9.17, 15) is 31.2 Å². The van der Waals surface area contributed by atoms with Crippen LogP contribution in [0.3, 0.4) is 0 Å². The number of fused-ring (bicyclic) bond motifs is 1. The number of amides is 2. The van der Waals surface area contributed by atoms with Gasteiger partial charge in [0, 0.05) is 17.3 Å². The van der Waals surface area contributed by atoms with Crippen molar-refractivity contribution < 1.29 is 35.9 Å². The minimum Gasteiger partial charge on any atom is -0.483 e. The van der Waals surface area contributed by atoms with E-state index in [1.54, 1.807) is 19.9 Å². The molecule has 0 spiro atoms. The third-order valence-electron chi connectivity index (χ3n) is 4.43. The predicted octanol–water partition coefficient (Wildman–Crippen LogP) is 3.30. The van der Waals surface area contributed by atoms with Crippen molar-refractivity contribution in [3.8, 4) is 11.8 Å². The number of nitriles is 1. The number of benzene rings is 2. The molecule has 2 aromatic rings. The molecule has 2 aromatic carbocycles. The van der Waals surface area contributed by atoms with Gasteiger partial charge in [0.2, 0.25) is 0 Å². The van der Waals surface area contributed by atoms with Gasteiger partial charge >= 0.3 is 6.18 Å². The first-order valence-corrected chi connectivity index (χ1v) is 10.6. The van der Waals surface area contributed by atoms with Crippen LogP contribution in [0.2, 0.25) is 0 Å². The highest BCUT2D eigenvalue weighted by molar-refractivity contribution is 7.90. The lowest BCUT2D eigenvalue weighted by atomic mass is 10.1. The quantitative estimate of drug-likeness (QED) is 0.721. The summed E-state index contributed by atoms with van der Waals surface area (Å²) in [5.41, 5.74) is -0.272. The van der Waals surface area contributed by atoms with Gasteiger partial charge < -0.3 is 10.1 Å². The smallest absolute Gasteiger partial charge is 0.422 e. The van der Waals surface area contributed by atoms with E-state index in [4.69, 9.17) is 5.26 Å². The van der Waals surface area contributed by atoms with Gasteiger partial charge in [0.1, 0.15) is 16.7 Å². The molecule has 1 N–H and O–H groups in total. The molecule has 168 valence electrons. The van der Waals surface area contributed by atoms with E-state index in [0.717, 1.165) is 22.5 Å². The Balaban J connectivity index is 1.85. The van der Waals surface area contributed by atoms with E-state index >= 15 is 0 Å². The number of anilines is 1. The zero-order valence-corrected chi connectivity index (χ0v) is 17.5. The molecule has 0 aliphatic carbocycles. The molecular formula is C20H16F3N3O5S. The van der Waals surface area contributed by atoms with Gasteiger partial charge in [-0.3, -0.25) is 9.59 Å². The number of nitrogens with zero attached hydrogens (tertiary/aromatic N) is 2. The second kappa shape index (κ2) is 8.16. The fourth-order valence-electron chi connectivity index (χ4n) is 3.08. The molecule has 0 unspecified atom stereocenters. The lowest BCUT2D eigenvalue weighted by Gasteiger charge is -2.18. The first kappa shape index (κ1) is 23.1. The third kappa shape index (κ3) is 4.38. The predicted molar refractivity (Wildman–Crippen MR) is 106 cm³/mol. The molecule has 1 aliphatic rings. The zero-order valence-electron chi connectivity index (χ0n) is 16.7. The Morgan fingerprint density at radius 3 is 2.50 bits per heavy atom. The largest absolute Gasteiger partial charge is 0.483 e. The monoisotopic (exact) mass is 467 g/mol. The maximum absolute atomic E-state index is 12.7. The van der Waals surface area contributed by atoms with Crippen LogP contribution in [0.1, 0.15) is 40.1 Å². The number of nitrogens with one attached hydrogen (secondary N) is 1. The Hall–Kier alpha value is -3.59. The minimum atomic E-state index is -4.58. The molecule has 1 aliphatic heterocycles. The molecule has 12 heteroatoms. The van der Waals surface area contributed by atoms with Crippen molar-refractivity contribution >= 4 is 27.5 Å². The second-order valence-corrected chi connectivity index (χ2v) is 8.87. The van der Waals surface area contributed by atoms with Gasteiger partial charge in [0.25, 0.3) is 21.8 Å². The standard InChI is InChI=1S/C20H16F3N3O5S/c1-11(2)26-19(28)15-5-3-12(8-17(15)32(26,29)30)18(27)25-14-4-6-16(13(7-14)9-24)31-10-20(21,22)23/h3-8,11H,10H2,1-2H3,(H,25,27). The molecular weight excluding hydrogens is 451 g/mol. The number of halogens is 3. The van der Waals surface area contributed by atoms with Crippen LogP contribution in [0.4, 0.5) is 18.9 Å². The van der Waals surface area contributed by atoms with E-state index in [1.165, 1.54) is 18.2 Å². The van der Waals surface area contributed by atoms with Crippen LogP contribution in [0, 0.1) is 11.3 Å². The summed E-state index contributed by atoms with van der Waals surface area (Å²) in [5, 5.41) is 11.6. The molecule has 0 radical (unpaired) electrons. The number of ether oxygens (including phenoxy) is 1. The van der Waals surface area contributed by atoms with E-state index in [0.29, 0.717) is 0 Å². The summed E-state index contributed by atoms with van der Waals surface area (Å²) in [6.45, 7) is 1.51. The molecule has 1 heterocycles. The number of hydrogen-bond donors (Lipinski definition) is 1. The normalized spacial score (nSPS) is 14.8. The number of alkyl halides is 3. The third-order valence-corrected chi connectivity index (χ3v) is 6.43. The molecule has 0 bridgehead atoms. The van der Waals surface area contributed by atoms with Crippen molar-refractivity contribution in [1.82, 2.24) is 4.31 Å². The summed E-state index contributed by atoms with van der Waals surface area (Å²) >= 11 is 0. The Labute approximate surface area is 181 Å². The summed E-state index contributed by atoms with van der Waals surface area (Å²) in [7, 11) is -4.11. The Morgan fingerprint density at radius 2 is 1.91 bits per heavy atom. The second-order valence-electron chi connectivity index (χ2n) is 7.09. The van der Waals surface area contributed by atoms with Crippen LogP contribution in [0.25, 0.3) is 0 Å². The highest BCUT2D eigenvalue weighted by Crippen LogP contribution is 2.33. The Bertz CT molecular complexity index is 1250. The molecule has 8 nitrogen and oxygen atoms in total. The van der Waals surface area contributed by atoms with Gasteiger partial charge in [-0.2, -0.15) is 18.4 Å². The molecule has 0 fully saturated rings. The van der Waals surface area contributed by atoms with E-state index in [1.807, 2.05) is 0 Å². The van der Waals surface area contributed by atoms with Gasteiger partial charge in [-0.15, -0.1) is 0 Å². The molecule has 2 amide bonds. The van der Waals surface area contributed by atoms with E-state index < -0.39 is 40.7 Å². The van der Waals surface area contributed by atoms with Gasteiger partial charge in [-0.05, 0) is 50.2 Å². The first-order valence-electron chi connectivity index (χ1n) is 9.13. The summed E-state index contributed by atoms with van der Waals surface area (Å²) in [4.78, 5) is 24.7. The summed E-state index contributed by atoms with van der Waals surface area (Å²) in [6.07, 6.45) is -4.58. The summed E-state index contributed by atoms with van der Waals surface area (Å²) in [5.74, 6) is -1.74. The van der Waals surface area contributed by atoms with Crippen molar-refractivity contribution in [2.24, 2.45) is 0 Å². The highest BCUT2D eigenvalue weighted by Gasteiger charge is 2.43. The Kier molecular flexibility index (Phi) is 5.88. The van der Waals surface area contributed by atoms with Crippen LogP contribution < -0.4 is 10.1 Å². The fourth-order valence-corrected chi connectivity index (χ4v) is 4.88. The number of hydrogen-bond acceptors (Lipinski definition) is 6. The van der Waals surface area contributed by atoms with Gasteiger partial charge in [-0.25, -0.2) is 12.7 Å². The Morgan fingerprint density at radius 1 is 1.22 bits per heavy atom. The van der Waals surface area contributed by atoms with Crippen molar-refractivity contribution in [3.05, 3.63) is 53.1 Å². The van der Waals surface area contributed by atoms with E-state index in [2.05, 4.69) is 10.1 Å². The van der Waals surface area contributed by atoms with Gasteiger partial charge in [0.05, 0.1) is 11.1 Å². The van der Waals surface area contributed by atoms with Crippen molar-refractivity contribution in [1.29, 1.82) is 5.26 Å². The molecule has 3 rings (SSSR count). The lowest BCUT2D eigenvalue weighted by molar-refractivity contribution is -0.153. The number of carbonyl (C=O) groups is 2. The van der Waals surface area contributed by atoms with Crippen LogP contribution >= 0.6 is 0 Å². The SMILES string of the molecule is CC(C)N1C(=O)c2ccc(C(=O)Nc3ccc(OCC(F)(F)F)c(C#N)c3)cc2S1(=O)=O. The molecule has 0 saturated heterocycles. The van der Waals surface area contributed by atoms with E-state index in [-0.39, 0.29) is 33.0 Å². The number of sulfonamides is 1.